The zero-order valence-corrected chi connectivity index (χ0v) is 17.1. The van der Waals surface area contributed by atoms with Crippen LogP contribution in [0.4, 0.5) is 13.2 Å². The van der Waals surface area contributed by atoms with E-state index < -0.39 is 28.5 Å². The van der Waals surface area contributed by atoms with Crippen molar-refractivity contribution in [2.24, 2.45) is 0 Å². The van der Waals surface area contributed by atoms with Crippen LogP contribution in [-0.2, 0) is 16.4 Å². The minimum absolute atomic E-state index is 0.0767. The number of likely N-dealkylation sites (tertiary alicyclic amines) is 1. The second-order valence-corrected chi connectivity index (χ2v) is 8.04. The molecule has 5 nitrogen and oxygen atoms in total. The third-order valence-corrected chi connectivity index (χ3v) is 6.31. The summed E-state index contributed by atoms with van der Waals surface area (Å²) in [4.78, 5) is 13.5. The van der Waals surface area contributed by atoms with E-state index in [0.717, 1.165) is 10.2 Å². The van der Waals surface area contributed by atoms with Gasteiger partial charge in [-0.15, -0.1) is 0 Å². The van der Waals surface area contributed by atoms with Crippen molar-refractivity contribution in [3.8, 4) is 0 Å². The van der Waals surface area contributed by atoms with E-state index in [0.29, 0.717) is 37.2 Å². The fourth-order valence-corrected chi connectivity index (χ4v) is 4.15. The molecule has 1 aromatic heterocycles. The molecule has 29 heavy (non-hydrogen) atoms. The largest absolute Gasteiger partial charge is 0.436 e. The van der Waals surface area contributed by atoms with Crippen molar-refractivity contribution in [3.05, 3.63) is 51.3 Å². The highest BCUT2D eigenvalue weighted by atomic mass is 35.5. The summed E-state index contributed by atoms with van der Waals surface area (Å²) in [5, 5.41) is 13.7. The van der Waals surface area contributed by atoms with Gasteiger partial charge in [0.25, 0.3) is 0 Å². The second kappa shape index (κ2) is 8.26. The Kier molecular flexibility index (Phi) is 6.29. The first-order chi connectivity index (χ1) is 13.6. The number of benzene rings is 1. The standard InChI is InChI=1S/C19H20Cl2F3N3O2/c1-12-16(21)17(19(22,23)24)25-27(12)15(10-28)26-8-6-18(11-29,7-9-26)13-2-4-14(20)5-3-13/h2-5,10,15,29H,6-9,11H2,1H3. The highest BCUT2D eigenvalue weighted by Gasteiger charge is 2.41. The van der Waals surface area contributed by atoms with Gasteiger partial charge in [0.05, 0.1) is 17.3 Å². The zero-order chi connectivity index (χ0) is 21.4. The van der Waals surface area contributed by atoms with E-state index in [9.17, 15) is 23.1 Å². The zero-order valence-electron chi connectivity index (χ0n) is 15.6. The SMILES string of the molecule is Cc1c(Cl)c(C(F)(F)F)nn1C(C=O)N1CCC(CO)(c2ccc(Cl)cc2)CC1. The van der Waals surface area contributed by atoms with Gasteiger partial charge in [-0.3, -0.25) is 9.69 Å². The topological polar surface area (TPSA) is 58.4 Å². The Balaban J connectivity index is 1.84. The van der Waals surface area contributed by atoms with E-state index >= 15 is 0 Å². The van der Waals surface area contributed by atoms with Gasteiger partial charge in [-0.1, -0.05) is 35.3 Å². The average molecular weight is 450 g/mol. The van der Waals surface area contributed by atoms with Gasteiger partial charge in [0.2, 0.25) is 0 Å². The number of aldehydes is 1. The first-order valence-electron chi connectivity index (χ1n) is 9.01. The third-order valence-electron chi connectivity index (χ3n) is 5.61. The van der Waals surface area contributed by atoms with Gasteiger partial charge >= 0.3 is 6.18 Å². The Labute approximate surface area is 176 Å². The fraction of sp³-hybridized carbons (Fsp3) is 0.474. The number of aromatic nitrogens is 2. The van der Waals surface area contributed by atoms with Crippen LogP contribution in [0.5, 0.6) is 0 Å². The Morgan fingerprint density at radius 2 is 1.83 bits per heavy atom. The minimum atomic E-state index is -4.71. The number of hydrogen-bond acceptors (Lipinski definition) is 4. The molecular formula is C19H20Cl2F3N3O2. The van der Waals surface area contributed by atoms with Crippen LogP contribution in [0.1, 0.15) is 36.0 Å². The number of carbonyl (C=O) groups is 1. The van der Waals surface area contributed by atoms with Crippen molar-refractivity contribution < 1.29 is 23.1 Å². The molecule has 0 amide bonds. The van der Waals surface area contributed by atoms with Gasteiger partial charge in [0.1, 0.15) is 0 Å². The quantitative estimate of drug-likeness (QED) is 0.693. The van der Waals surface area contributed by atoms with Gasteiger partial charge in [0.15, 0.2) is 18.1 Å². The van der Waals surface area contributed by atoms with Gasteiger partial charge < -0.3 is 5.11 Å². The Bertz CT molecular complexity index is 876. The molecule has 0 saturated carbocycles. The monoisotopic (exact) mass is 449 g/mol. The van der Waals surface area contributed by atoms with Gasteiger partial charge in [-0.25, -0.2) is 4.68 Å². The van der Waals surface area contributed by atoms with Crippen LogP contribution in [0.15, 0.2) is 24.3 Å². The number of piperidine rings is 1. The lowest BCUT2D eigenvalue weighted by atomic mass is 9.73. The van der Waals surface area contributed by atoms with Crippen molar-refractivity contribution in [1.29, 1.82) is 0 Å². The Morgan fingerprint density at radius 3 is 2.28 bits per heavy atom. The number of nitrogens with zero attached hydrogens (tertiary/aromatic N) is 3. The summed E-state index contributed by atoms with van der Waals surface area (Å²) in [6, 6.07) is 7.22. The predicted octanol–water partition coefficient (Wildman–Crippen LogP) is 4.24. The van der Waals surface area contributed by atoms with Crippen molar-refractivity contribution in [2.75, 3.05) is 19.7 Å². The van der Waals surface area contributed by atoms with Crippen LogP contribution in [0.3, 0.4) is 0 Å². The lowest BCUT2D eigenvalue weighted by Crippen LogP contribution is -2.47. The first kappa shape index (κ1) is 22.1. The molecule has 0 radical (unpaired) electrons. The number of alkyl halides is 3. The summed E-state index contributed by atoms with van der Waals surface area (Å²) in [5.74, 6) is 0. The van der Waals surface area contributed by atoms with E-state index in [1.807, 2.05) is 12.1 Å². The van der Waals surface area contributed by atoms with E-state index in [4.69, 9.17) is 23.2 Å². The van der Waals surface area contributed by atoms with Crippen LogP contribution >= 0.6 is 23.2 Å². The minimum Gasteiger partial charge on any atom is -0.395 e. The van der Waals surface area contributed by atoms with Crippen LogP contribution in [0, 0.1) is 6.92 Å². The molecule has 10 heteroatoms. The molecule has 0 spiro atoms. The summed E-state index contributed by atoms with van der Waals surface area (Å²) < 4.78 is 40.4. The summed E-state index contributed by atoms with van der Waals surface area (Å²) in [6.45, 7) is 2.10. The predicted molar refractivity (Wildman–Crippen MR) is 103 cm³/mol. The molecule has 1 fully saturated rings. The number of hydrogen-bond donors (Lipinski definition) is 1. The van der Waals surface area contributed by atoms with Gasteiger partial charge in [0, 0.05) is 23.5 Å². The maximum Gasteiger partial charge on any atom is 0.436 e. The molecule has 1 atom stereocenters. The molecule has 1 aliphatic heterocycles. The van der Waals surface area contributed by atoms with E-state index in [1.165, 1.54) is 6.92 Å². The summed E-state index contributed by atoms with van der Waals surface area (Å²) in [7, 11) is 0. The highest BCUT2D eigenvalue weighted by molar-refractivity contribution is 6.32. The lowest BCUT2D eigenvalue weighted by molar-refractivity contribution is -0.142. The molecule has 0 aliphatic carbocycles. The number of halogens is 5. The average Bonchev–Trinajstić information content (AvgIpc) is 2.99. The molecule has 1 unspecified atom stereocenters. The van der Waals surface area contributed by atoms with Crippen LogP contribution in [0.2, 0.25) is 10.0 Å². The molecule has 1 aliphatic rings. The number of aliphatic hydroxyl groups excluding tert-OH is 1. The number of aliphatic hydroxyl groups is 1. The van der Waals surface area contributed by atoms with Crippen LogP contribution < -0.4 is 0 Å². The summed E-state index contributed by atoms with van der Waals surface area (Å²) >= 11 is 11.8. The molecule has 1 N–H and O–H groups in total. The third kappa shape index (κ3) is 4.17. The van der Waals surface area contributed by atoms with Crippen LogP contribution in [-0.4, -0.2) is 45.8 Å². The van der Waals surface area contributed by atoms with Crippen molar-refractivity contribution in [3.63, 3.8) is 0 Å². The van der Waals surface area contributed by atoms with Crippen molar-refractivity contribution in [1.82, 2.24) is 14.7 Å². The molecule has 1 aromatic carbocycles. The van der Waals surface area contributed by atoms with Crippen molar-refractivity contribution >= 4 is 29.5 Å². The van der Waals surface area contributed by atoms with E-state index in [2.05, 4.69) is 5.10 Å². The highest BCUT2D eigenvalue weighted by Crippen LogP contribution is 2.39. The molecular weight excluding hydrogens is 430 g/mol. The van der Waals surface area contributed by atoms with Gasteiger partial charge in [-0.2, -0.15) is 18.3 Å². The maximum absolute atomic E-state index is 13.1. The first-order valence-corrected chi connectivity index (χ1v) is 9.76. The normalized spacial score (nSPS) is 18.6. The maximum atomic E-state index is 13.1. The number of carbonyl (C=O) groups excluding carboxylic acids is 1. The molecule has 158 valence electrons. The van der Waals surface area contributed by atoms with Crippen LogP contribution in [0.25, 0.3) is 0 Å². The summed E-state index contributed by atoms with van der Waals surface area (Å²) in [6.07, 6.45) is -4.11. The molecule has 1 saturated heterocycles. The fourth-order valence-electron chi connectivity index (χ4n) is 3.79. The van der Waals surface area contributed by atoms with Crippen molar-refractivity contribution in [2.45, 2.75) is 37.5 Å². The van der Waals surface area contributed by atoms with E-state index in [-0.39, 0.29) is 12.3 Å². The summed E-state index contributed by atoms with van der Waals surface area (Å²) in [5.41, 5.74) is -0.689. The second-order valence-electron chi connectivity index (χ2n) is 7.22. The van der Waals surface area contributed by atoms with E-state index in [1.54, 1.807) is 17.0 Å². The molecule has 2 heterocycles. The Morgan fingerprint density at radius 1 is 1.24 bits per heavy atom. The lowest BCUT2D eigenvalue weighted by Gasteiger charge is -2.43. The molecule has 2 aromatic rings. The smallest absolute Gasteiger partial charge is 0.395 e. The molecule has 0 bridgehead atoms. The molecule has 3 rings (SSSR count). The number of rotatable bonds is 5. The van der Waals surface area contributed by atoms with Gasteiger partial charge in [-0.05, 0) is 37.5 Å². The Hall–Kier alpha value is -1.61.